The smallest absolute Gasteiger partial charge is 0.330 e. The minimum atomic E-state index is -0.499. The van der Waals surface area contributed by atoms with Gasteiger partial charge >= 0.3 is 11.9 Å². The average molecular weight is 529 g/mol. The van der Waals surface area contributed by atoms with Crippen molar-refractivity contribution in [1.29, 1.82) is 0 Å². The molecular weight excluding hydrogens is 499 g/mol. The first-order chi connectivity index (χ1) is 19.0. The van der Waals surface area contributed by atoms with Gasteiger partial charge in [0.05, 0.1) is 0 Å². The van der Waals surface area contributed by atoms with E-state index in [1.807, 2.05) is 48.6 Å². The highest BCUT2D eigenvalue weighted by Crippen LogP contribution is 2.19. The van der Waals surface area contributed by atoms with Crippen molar-refractivity contribution in [2.24, 2.45) is 0 Å². The van der Waals surface area contributed by atoms with Crippen LogP contribution in [0.25, 0.3) is 24.3 Å². The summed E-state index contributed by atoms with van der Waals surface area (Å²) in [5.41, 5.74) is 2.94. The highest BCUT2D eigenvalue weighted by Gasteiger charge is 2.02. The summed E-state index contributed by atoms with van der Waals surface area (Å²) in [4.78, 5) is 22.1. The van der Waals surface area contributed by atoms with Gasteiger partial charge in [0.25, 0.3) is 0 Å². The third-order valence-corrected chi connectivity index (χ3v) is 5.21. The molecule has 0 aliphatic carbocycles. The summed E-state index contributed by atoms with van der Waals surface area (Å²) in [5, 5.41) is 0. The molecule has 39 heavy (non-hydrogen) atoms. The molecule has 0 aliphatic rings. The predicted molar refractivity (Wildman–Crippen MR) is 150 cm³/mol. The van der Waals surface area contributed by atoms with Gasteiger partial charge in [-0.25, -0.2) is 14.0 Å². The summed E-state index contributed by atoms with van der Waals surface area (Å²) in [6.07, 6.45) is 9.40. The van der Waals surface area contributed by atoms with Gasteiger partial charge in [0.15, 0.2) is 0 Å². The minimum Gasteiger partial charge on any atom is -0.490 e. The van der Waals surface area contributed by atoms with Crippen LogP contribution < -0.4 is 9.47 Å². The third kappa shape index (κ3) is 10.2. The quantitative estimate of drug-likeness (QED) is 0.105. The van der Waals surface area contributed by atoms with Crippen molar-refractivity contribution in [3.63, 3.8) is 0 Å². The van der Waals surface area contributed by atoms with Crippen LogP contribution in [0.15, 0.2) is 92.0 Å². The molecule has 0 saturated carbocycles. The largest absolute Gasteiger partial charge is 0.490 e. The molecule has 0 spiro atoms. The molecule has 0 atom stereocenters. The lowest BCUT2D eigenvalue weighted by Gasteiger charge is -2.07. The van der Waals surface area contributed by atoms with Gasteiger partial charge in [0.2, 0.25) is 0 Å². The predicted octanol–water partition coefficient (Wildman–Crippen LogP) is 6.38. The summed E-state index contributed by atoms with van der Waals surface area (Å²) in [6.45, 7) is 7.38. The minimum absolute atomic E-state index is 0.118. The van der Waals surface area contributed by atoms with Crippen molar-refractivity contribution in [1.82, 2.24) is 0 Å². The molecule has 0 N–H and O–H groups in total. The van der Waals surface area contributed by atoms with Gasteiger partial charge in [-0.05, 0) is 47.0 Å². The summed E-state index contributed by atoms with van der Waals surface area (Å²) in [7, 11) is 0. The van der Waals surface area contributed by atoms with Crippen LogP contribution in [0.5, 0.6) is 11.5 Å². The zero-order valence-electron chi connectivity index (χ0n) is 21.4. The Bertz CT molecular complexity index is 1340. The highest BCUT2D eigenvalue weighted by atomic mass is 19.1. The van der Waals surface area contributed by atoms with Crippen molar-refractivity contribution in [3.05, 3.63) is 120 Å². The third-order valence-electron chi connectivity index (χ3n) is 5.21. The first-order valence-corrected chi connectivity index (χ1v) is 12.2. The Labute approximate surface area is 227 Å². The molecule has 6 nitrogen and oxygen atoms in total. The van der Waals surface area contributed by atoms with Crippen molar-refractivity contribution in [2.75, 3.05) is 26.4 Å². The van der Waals surface area contributed by atoms with Crippen LogP contribution in [0.4, 0.5) is 4.39 Å². The molecule has 200 valence electrons. The summed E-state index contributed by atoms with van der Waals surface area (Å²) < 4.78 is 35.6. The van der Waals surface area contributed by atoms with Crippen molar-refractivity contribution in [3.8, 4) is 11.5 Å². The topological polar surface area (TPSA) is 71.1 Å². The van der Waals surface area contributed by atoms with E-state index in [0.717, 1.165) is 28.8 Å². The van der Waals surface area contributed by atoms with Gasteiger partial charge in [-0.2, -0.15) is 0 Å². The van der Waals surface area contributed by atoms with Crippen LogP contribution in [0.3, 0.4) is 0 Å². The number of carbonyl (C=O) groups is 2. The first kappa shape index (κ1) is 28.7. The van der Waals surface area contributed by atoms with Crippen LogP contribution in [0.2, 0.25) is 0 Å². The zero-order valence-corrected chi connectivity index (χ0v) is 21.4. The molecule has 0 saturated heterocycles. The number of rotatable bonds is 14. The van der Waals surface area contributed by atoms with Gasteiger partial charge in [-0.1, -0.05) is 73.9 Å². The Balaban J connectivity index is 1.52. The molecule has 0 aliphatic heterocycles. The number of ether oxygens (including phenoxy) is 4. The fraction of sp³-hybridized carbons (Fsp3) is 0.125. The lowest BCUT2D eigenvalue weighted by Crippen LogP contribution is -2.10. The maximum Gasteiger partial charge on any atom is 0.330 e. The van der Waals surface area contributed by atoms with Crippen molar-refractivity contribution < 1.29 is 32.9 Å². The summed E-state index contributed by atoms with van der Waals surface area (Å²) in [5.74, 6) is -0.0674. The van der Waals surface area contributed by atoms with E-state index in [0.29, 0.717) is 17.1 Å². The van der Waals surface area contributed by atoms with Gasteiger partial charge in [0.1, 0.15) is 43.7 Å². The number of hydrogen-bond donors (Lipinski definition) is 0. The van der Waals surface area contributed by atoms with E-state index in [1.165, 1.54) is 6.07 Å². The van der Waals surface area contributed by atoms with Crippen molar-refractivity contribution >= 4 is 36.2 Å². The molecule has 3 rings (SSSR count). The monoisotopic (exact) mass is 528 g/mol. The van der Waals surface area contributed by atoms with Crippen LogP contribution in [-0.4, -0.2) is 38.4 Å². The molecule has 7 heteroatoms. The van der Waals surface area contributed by atoms with Crippen LogP contribution in [0.1, 0.15) is 22.3 Å². The molecule has 0 radical (unpaired) electrons. The fourth-order valence-electron chi connectivity index (χ4n) is 3.27. The number of esters is 2. The second kappa shape index (κ2) is 15.4. The molecular formula is C32H29FO6. The van der Waals surface area contributed by atoms with Gasteiger partial charge in [-0.3, -0.25) is 0 Å². The normalized spacial score (nSPS) is 10.8. The molecule has 3 aromatic rings. The van der Waals surface area contributed by atoms with E-state index in [9.17, 15) is 14.0 Å². The Morgan fingerprint density at radius 3 is 1.85 bits per heavy atom. The summed E-state index contributed by atoms with van der Waals surface area (Å²) >= 11 is 0. The van der Waals surface area contributed by atoms with E-state index in [1.54, 1.807) is 36.4 Å². The highest BCUT2D eigenvalue weighted by molar-refractivity contribution is 5.81. The second-order valence-corrected chi connectivity index (χ2v) is 8.03. The Hall–Kier alpha value is -4.91. The van der Waals surface area contributed by atoms with Gasteiger partial charge in [0, 0.05) is 17.7 Å². The van der Waals surface area contributed by atoms with Crippen LogP contribution in [0, 0.1) is 5.82 Å². The molecule has 3 aromatic carbocycles. The van der Waals surface area contributed by atoms with E-state index in [2.05, 4.69) is 13.2 Å². The number of hydrogen-bond acceptors (Lipinski definition) is 6. The maximum atomic E-state index is 14.7. The van der Waals surface area contributed by atoms with Gasteiger partial charge in [-0.15, -0.1) is 0 Å². The average Bonchev–Trinajstić information content (AvgIpc) is 2.96. The van der Waals surface area contributed by atoms with Crippen LogP contribution in [-0.2, 0) is 19.1 Å². The Morgan fingerprint density at radius 1 is 0.641 bits per heavy atom. The van der Waals surface area contributed by atoms with Gasteiger partial charge < -0.3 is 18.9 Å². The SMILES string of the molecule is C=CC(=O)OCCOc1ccc(C=Cc2ccc(C=Cc3cccc(OCCOC(=O)C=C)c3)c(F)c2)cc1. The van der Waals surface area contributed by atoms with E-state index in [-0.39, 0.29) is 32.2 Å². The van der Waals surface area contributed by atoms with E-state index < -0.39 is 11.9 Å². The lowest BCUT2D eigenvalue weighted by atomic mass is 10.1. The van der Waals surface area contributed by atoms with E-state index in [4.69, 9.17) is 18.9 Å². The summed E-state index contributed by atoms with van der Waals surface area (Å²) in [6, 6.07) is 19.7. The Morgan fingerprint density at radius 2 is 1.21 bits per heavy atom. The van der Waals surface area contributed by atoms with E-state index >= 15 is 0 Å². The number of carbonyl (C=O) groups excluding carboxylic acids is 2. The number of halogens is 1. The van der Waals surface area contributed by atoms with Crippen molar-refractivity contribution in [2.45, 2.75) is 0 Å². The lowest BCUT2D eigenvalue weighted by molar-refractivity contribution is -0.139. The molecule has 0 fully saturated rings. The fourth-order valence-corrected chi connectivity index (χ4v) is 3.27. The zero-order chi connectivity index (χ0) is 27.9. The van der Waals surface area contributed by atoms with Crippen LogP contribution >= 0.6 is 0 Å². The Kier molecular flexibility index (Phi) is 11.3. The molecule has 0 amide bonds. The second-order valence-electron chi connectivity index (χ2n) is 8.03. The molecule has 0 aromatic heterocycles. The molecule has 0 bridgehead atoms. The standard InChI is InChI=1S/C32H29FO6/c1-3-31(34)38-20-18-36-28-16-12-24(13-17-28)8-9-26-11-15-27(30(33)23-26)14-10-25-6-5-7-29(22-25)37-19-21-39-32(35)4-2/h3-17,22-23H,1-2,18-21H2. The number of benzene rings is 3. The maximum absolute atomic E-state index is 14.7. The first-order valence-electron chi connectivity index (χ1n) is 12.2. The molecule has 0 heterocycles. The molecule has 0 unspecified atom stereocenters.